The lowest BCUT2D eigenvalue weighted by Crippen LogP contribution is -2.09. The third-order valence-corrected chi connectivity index (χ3v) is 3.30. The summed E-state index contributed by atoms with van der Waals surface area (Å²) in [6.07, 6.45) is 0.308. The second kappa shape index (κ2) is 6.75. The maximum absolute atomic E-state index is 11.4. The Balaban J connectivity index is 2.10. The van der Waals surface area contributed by atoms with Crippen molar-refractivity contribution in [3.63, 3.8) is 0 Å². The fourth-order valence-electron chi connectivity index (χ4n) is 2.09. The van der Waals surface area contributed by atoms with Gasteiger partial charge in [-0.1, -0.05) is 42.5 Å². The topological polar surface area (TPSA) is 38.3 Å². The molecule has 1 N–H and O–H groups in total. The molecule has 0 unspecified atom stereocenters. The van der Waals surface area contributed by atoms with E-state index in [9.17, 15) is 4.79 Å². The zero-order valence-corrected chi connectivity index (χ0v) is 11.8. The van der Waals surface area contributed by atoms with Gasteiger partial charge in [-0.25, -0.2) is 0 Å². The highest BCUT2D eigenvalue weighted by Gasteiger charge is 2.07. The number of esters is 1. The fraction of sp³-hybridized carbons (Fsp3) is 0.235. The van der Waals surface area contributed by atoms with Crippen LogP contribution >= 0.6 is 0 Å². The first kappa shape index (κ1) is 14.1. The summed E-state index contributed by atoms with van der Waals surface area (Å²) in [5, 5.41) is 3.41. The average Bonchev–Trinajstić information content (AvgIpc) is 2.47. The Labute approximate surface area is 119 Å². The van der Waals surface area contributed by atoms with Crippen LogP contribution in [-0.4, -0.2) is 13.1 Å². The molecule has 0 aliphatic rings. The molecule has 0 fully saturated rings. The van der Waals surface area contributed by atoms with E-state index >= 15 is 0 Å². The number of hydrogen-bond donors (Lipinski definition) is 1. The molecule has 0 bridgehead atoms. The molecule has 0 aliphatic heterocycles. The highest BCUT2D eigenvalue weighted by Crippen LogP contribution is 2.16. The summed E-state index contributed by atoms with van der Waals surface area (Å²) in [7, 11) is 1.41. The Morgan fingerprint density at radius 2 is 1.70 bits per heavy atom. The lowest BCUT2D eigenvalue weighted by Gasteiger charge is -2.12. The number of ether oxygens (including phenoxy) is 1. The van der Waals surface area contributed by atoms with Crippen molar-refractivity contribution >= 4 is 11.7 Å². The summed E-state index contributed by atoms with van der Waals surface area (Å²) in [6, 6.07) is 16.1. The van der Waals surface area contributed by atoms with E-state index in [1.165, 1.54) is 12.7 Å². The maximum Gasteiger partial charge on any atom is 0.309 e. The average molecular weight is 269 g/mol. The van der Waals surface area contributed by atoms with Crippen molar-refractivity contribution < 1.29 is 9.53 Å². The number of carbonyl (C=O) groups is 1. The summed E-state index contributed by atoms with van der Waals surface area (Å²) in [4.78, 5) is 11.4. The molecule has 0 radical (unpaired) electrons. The van der Waals surface area contributed by atoms with Gasteiger partial charge in [0.1, 0.15) is 0 Å². The Kier molecular flexibility index (Phi) is 4.77. The molecule has 0 saturated heterocycles. The smallest absolute Gasteiger partial charge is 0.309 e. The largest absolute Gasteiger partial charge is 0.469 e. The normalized spacial score (nSPS) is 10.1. The number of nitrogens with one attached hydrogen (secondary N) is 1. The summed E-state index contributed by atoms with van der Waals surface area (Å²) >= 11 is 0. The molecular formula is C17H19NO2. The van der Waals surface area contributed by atoms with Crippen LogP contribution in [0.15, 0.2) is 48.5 Å². The van der Waals surface area contributed by atoms with Gasteiger partial charge in [0, 0.05) is 12.2 Å². The Morgan fingerprint density at radius 1 is 1.05 bits per heavy atom. The van der Waals surface area contributed by atoms with Crippen LogP contribution in [0.2, 0.25) is 0 Å². The van der Waals surface area contributed by atoms with Crippen LogP contribution in [0.3, 0.4) is 0 Å². The molecule has 2 aromatic carbocycles. The fourth-order valence-corrected chi connectivity index (χ4v) is 2.09. The van der Waals surface area contributed by atoms with E-state index in [2.05, 4.69) is 24.4 Å². The third kappa shape index (κ3) is 3.60. The third-order valence-electron chi connectivity index (χ3n) is 3.30. The molecule has 104 valence electrons. The van der Waals surface area contributed by atoms with E-state index in [0.29, 0.717) is 13.0 Å². The Morgan fingerprint density at radius 3 is 2.40 bits per heavy atom. The number of rotatable bonds is 5. The van der Waals surface area contributed by atoms with Crippen molar-refractivity contribution in [2.75, 3.05) is 12.4 Å². The van der Waals surface area contributed by atoms with E-state index < -0.39 is 0 Å². The summed E-state index contributed by atoms with van der Waals surface area (Å²) in [5.41, 5.74) is 4.43. The van der Waals surface area contributed by atoms with Crippen LogP contribution in [0.4, 0.5) is 5.69 Å². The summed E-state index contributed by atoms with van der Waals surface area (Å²) in [5.74, 6) is -0.214. The molecule has 20 heavy (non-hydrogen) atoms. The van der Waals surface area contributed by atoms with E-state index in [1.807, 2.05) is 36.4 Å². The zero-order valence-electron chi connectivity index (χ0n) is 11.8. The van der Waals surface area contributed by atoms with Crippen LogP contribution in [0.1, 0.15) is 16.7 Å². The first-order chi connectivity index (χ1) is 9.70. The van der Waals surface area contributed by atoms with Gasteiger partial charge in [-0.3, -0.25) is 4.79 Å². The molecule has 3 heteroatoms. The molecule has 0 spiro atoms. The van der Waals surface area contributed by atoms with Gasteiger partial charge >= 0.3 is 5.97 Å². The number of benzene rings is 2. The SMILES string of the molecule is COC(=O)Cc1ccccc1CNc1ccccc1C. The summed E-state index contributed by atoms with van der Waals surface area (Å²) < 4.78 is 4.73. The highest BCUT2D eigenvalue weighted by molar-refractivity contribution is 5.73. The van der Waals surface area contributed by atoms with Gasteiger partial charge in [-0.15, -0.1) is 0 Å². The lowest BCUT2D eigenvalue weighted by molar-refractivity contribution is -0.139. The van der Waals surface area contributed by atoms with Crippen molar-refractivity contribution in [1.29, 1.82) is 0 Å². The minimum Gasteiger partial charge on any atom is -0.469 e. The number of aryl methyl sites for hydroxylation is 1. The van der Waals surface area contributed by atoms with E-state index in [4.69, 9.17) is 4.74 Å². The van der Waals surface area contributed by atoms with Gasteiger partial charge in [0.25, 0.3) is 0 Å². The quantitative estimate of drug-likeness (QED) is 0.846. The molecule has 0 saturated carbocycles. The molecule has 2 rings (SSSR count). The number of carbonyl (C=O) groups excluding carboxylic acids is 1. The monoisotopic (exact) mass is 269 g/mol. The van der Waals surface area contributed by atoms with Crippen molar-refractivity contribution in [2.24, 2.45) is 0 Å². The molecule has 0 aromatic heterocycles. The number of hydrogen-bond acceptors (Lipinski definition) is 3. The van der Waals surface area contributed by atoms with Gasteiger partial charge in [0.2, 0.25) is 0 Å². The van der Waals surface area contributed by atoms with Crippen molar-refractivity contribution in [3.8, 4) is 0 Å². The van der Waals surface area contributed by atoms with Gasteiger partial charge in [0.05, 0.1) is 13.5 Å². The van der Waals surface area contributed by atoms with Gasteiger partial charge < -0.3 is 10.1 Å². The maximum atomic E-state index is 11.4. The number of methoxy groups -OCH3 is 1. The van der Waals surface area contributed by atoms with Crippen LogP contribution in [-0.2, 0) is 22.5 Å². The standard InChI is InChI=1S/C17H19NO2/c1-13-7-3-6-10-16(13)18-12-15-9-5-4-8-14(15)11-17(19)20-2/h3-10,18H,11-12H2,1-2H3. The zero-order chi connectivity index (χ0) is 14.4. The Bertz CT molecular complexity index is 593. The minimum absolute atomic E-state index is 0.214. The van der Waals surface area contributed by atoms with E-state index in [-0.39, 0.29) is 5.97 Å². The van der Waals surface area contributed by atoms with Crippen LogP contribution in [0.5, 0.6) is 0 Å². The molecule has 0 heterocycles. The predicted molar refractivity (Wildman–Crippen MR) is 80.7 cm³/mol. The lowest BCUT2D eigenvalue weighted by atomic mass is 10.0. The molecular weight excluding hydrogens is 250 g/mol. The molecule has 3 nitrogen and oxygen atoms in total. The van der Waals surface area contributed by atoms with Crippen molar-refractivity contribution in [1.82, 2.24) is 0 Å². The van der Waals surface area contributed by atoms with Crippen LogP contribution in [0, 0.1) is 6.92 Å². The highest BCUT2D eigenvalue weighted by atomic mass is 16.5. The predicted octanol–water partition coefficient (Wildman–Crippen LogP) is 3.32. The number of anilines is 1. The second-order valence-corrected chi connectivity index (χ2v) is 4.69. The second-order valence-electron chi connectivity index (χ2n) is 4.69. The first-order valence-electron chi connectivity index (χ1n) is 6.64. The molecule has 0 atom stereocenters. The summed E-state index contributed by atoms with van der Waals surface area (Å²) in [6.45, 7) is 2.76. The Hall–Kier alpha value is -2.29. The van der Waals surface area contributed by atoms with Crippen LogP contribution < -0.4 is 5.32 Å². The van der Waals surface area contributed by atoms with E-state index in [1.54, 1.807) is 0 Å². The minimum atomic E-state index is -0.214. The van der Waals surface area contributed by atoms with Gasteiger partial charge in [-0.05, 0) is 29.7 Å². The molecule has 0 aliphatic carbocycles. The van der Waals surface area contributed by atoms with Crippen molar-refractivity contribution in [2.45, 2.75) is 19.9 Å². The molecule has 0 amide bonds. The first-order valence-corrected chi connectivity index (χ1v) is 6.64. The van der Waals surface area contributed by atoms with Gasteiger partial charge in [0.15, 0.2) is 0 Å². The molecule has 2 aromatic rings. The number of para-hydroxylation sites is 1. The van der Waals surface area contributed by atoms with Crippen LogP contribution in [0.25, 0.3) is 0 Å². The van der Waals surface area contributed by atoms with E-state index in [0.717, 1.165) is 16.8 Å². The van der Waals surface area contributed by atoms with Gasteiger partial charge in [-0.2, -0.15) is 0 Å². The van der Waals surface area contributed by atoms with Crippen molar-refractivity contribution in [3.05, 3.63) is 65.2 Å².